The molecule has 0 saturated carbocycles. The molecule has 6 nitrogen and oxygen atoms in total. The number of rotatable bonds is 4. The van der Waals surface area contributed by atoms with Crippen molar-refractivity contribution >= 4 is 22.9 Å². The highest BCUT2D eigenvalue weighted by Crippen LogP contribution is 2.39. The lowest BCUT2D eigenvalue weighted by Gasteiger charge is -2.36. The van der Waals surface area contributed by atoms with E-state index in [-0.39, 0.29) is 28.9 Å². The summed E-state index contributed by atoms with van der Waals surface area (Å²) in [6, 6.07) is 16.1. The maximum atomic E-state index is 13.4. The summed E-state index contributed by atoms with van der Waals surface area (Å²) < 4.78 is 5.05. The van der Waals surface area contributed by atoms with Gasteiger partial charge in [-0.2, -0.15) is 0 Å². The second-order valence-electron chi connectivity index (χ2n) is 6.50. The first-order chi connectivity index (χ1) is 13.6. The number of methoxy groups -OCH3 is 1. The summed E-state index contributed by atoms with van der Waals surface area (Å²) >= 11 is 1.70. The predicted molar refractivity (Wildman–Crippen MR) is 107 cm³/mol. The number of benzene rings is 2. The van der Waals surface area contributed by atoms with Crippen LogP contribution in [-0.2, 0) is 6.42 Å². The second-order valence-corrected chi connectivity index (χ2v) is 7.51. The molecule has 2 heterocycles. The third-order valence-electron chi connectivity index (χ3n) is 4.96. The van der Waals surface area contributed by atoms with Gasteiger partial charge in [0.1, 0.15) is 0 Å². The molecule has 7 heteroatoms. The first kappa shape index (κ1) is 18.2. The van der Waals surface area contributed by atoms with E-state index >= 15 is 0 Å². The number of hydrogen-bond donors (Lipinski definition) is 0. The fraction of sp³-hybridized carbons (Fsp3) is 0.190. The molecule has 0 saturated heterocycles. The van der Waals surface area contributed by atoms with Crippen LogP contribution in [0.1, 0.15) is 32.4 Å². The van der Waals surface area contributed by atoms with E-state index in [1.54, 1.807) is 22.3 Å². The van der Waals surface area contributed by atoms with Gasteiger partial charge in [-0.3, -0.25) is 14.9 Å². The van der Waals surface area contributed by atoms with Crippen molar-refractivity contribution in [3.05, 3.63) is 91.7 Å². The Morgan fingerprint density at radius 3 is 2.71 bits per heavy atom. The number of nitrogens with zero attached hydrogens (tertiary/aromatic N) is 2. The van der Waals surface area contributed by atoms with E-state index in [1.165, 1.54) is 24.1 Å². The molecule has 1 aliphatic heterocycles. The van der Waals surface area contributed by atoms with Crippen LogP contribution in [0.2, 0.25) is 0 Å². The van der Waals surface area contributed by atoms with Gasteiger partial charge in [-0.15, -0.1) is 11.3 Å². The Balaban J connectivity index is 1.76. The van der Waals surface area contributed by atoms with Gasteiger partial charge in [0.15, 0.2) is 5.75 Å². The maximum Gasteiger partial charge on any atom is 0.311 e. The van der Waals surface area contributed by atoms with E-state index in [4.69, 9.17) is 4.74 Å². The van der Waals surface area contributed by atoms with Gasteiger partial charge in [0.05, 0.1) is 18.1 Å². The summed E-state index contributed by atoms with van der Waals surface area (Å²) in [5.41, 5.74) is 2.22. The molecule has 28 heavy (non-hydrogen) atoms. The third kappa shape index (κ3) is 3.14. The first-order valence-electron chi connectivity index (χ1n) is 8.84. The van der Waals surface area contributed by atoms with Gasteiger partial charge in [-0.1, -0.05) is 30.3 Å². The van der Waals surface area contributed by atoms with Crippen molar-refractivity contribution in [3.8, 4) is 5.75 Å². The SMILES string of the molecule is COc1ccc(C(=O)N2CCc3sccc3C2c2ccccc2)cc1[N+](=O)[O-]. The maximum absolute atomic E-state index is 13.4. The Hall–Kier alpha value is -3.19. The highest BCUT2D eigenvalue weighted by molar-refractivity contribution is 7.10. The van der Waals surface area contributed by atoms with Crippen molar-refractivity contribution in [1.29, 1.82) is 0 Å². The number of ether oxygens (including phenoxy) is 1. The summed E-state index contributed by atoms with van der Waals surface area (Å²) in [4.78, 5) is 27.3. The van der Waals surface area contributed by atoms with Crippen LogP contribution in [0.15, 0.2) is 60.0 Å². The summed E-state index contributed by atoms with van der Waals surface area (Å²) in [6.45, 7) is 0.561. The van der Waals surface area contributed by atoms with E-state index in [9.17, 15) is 14.9 Å². The molecule has 2 aromatic carbocycles. The van der Waals surface area contributed by atoms with Crippen LogP contribution in [0.3, 0.4) is 0 Å². The smallest absolute Gasteiger partial charge is 0.311 e. The number of thiophene rings is 1. The molecule has 1 unspecified atom stereocenters. The highest BCUT2D eigenvalue weighted by atomic mass is 32.1. The lowest BCUT2D eigenvalue weighted by Crippen LogP contribution is -2.40. The molecule has 4 rings (SSSR count). The van der Waals surface area contributed by atoms with E-state index in [2.05, 4.69) is 6.07 Å². The Morgan fingerprint density at radius 2 is 2.00 bits per heavy atom. The number of nitro groups is 1. The Bertz CT molecular complexity index is 1030. The van der Waals surface area contributed by atoms with E-state index < -0.39 is 4.92 Å². The van der Waals surface area contributed by atoms with Crippen molar-refractivity contribution in [3.63, 3.8) is 0 Å². The average molecular weight is 394 g/mol. The fourth-order valence-corrected chi connectivity index (χ4v) is 4.57. The third-order valence-corrected chi connectivity index (χ3v) is 5.96. The van der Waals surface area contributed by atoms with E-state index in [0.29, 0.717) is 6.54 Å². The van der Waals surface area contributed by atoms with Gasteiger partial charge in [-0.25, -0.2) is 0 Å². The van der Waals surface area contributed by atoms with Crippen LogP contribution in [0, 0.1) is 10.1 Å². The molecule has 1 amide bonds. The van der Waals surface area contributed by atoms with Crippen molar-refractivity contribution in [2.24, 2.45) is 0 Å². The Morgan fingerprint density at radius 1 is 1.21 bits per heavy atom. The number of carbonyl (C=O) groups is 1. The summed E-state index contributed by atoms with van der Waals surface area (Å²) in [6.07, 6.45) is 0.778. The molecule has 0 radical (unpaired) electrons. The first-order valence-corrected chi connectivity index (χ1v) is 9.72. The molecule has 142 valence electrons. The zero-order valence-corrected chi connectivity index (χ0v) is 16.0. The Labute approximate surface area is 166 Å². The molecule has 1 aliphatic rings. The van der Waals surface area contributed by atoms with Crippen LogP contribution in [0.4, 0.5) is 5.69 Å². The minimum atomic E-state index is -0.530. The molecule has 0 N–H and O–H groups in total. The number of nitro benzene ring substituents is 1. The number of fused-ring (bicyclic) bond motifs is 1. The zero-order chi connectivity index (χ0) is 19.7. The van der Waals surface area contributed by atoms with Gasteiger partial charge >= 0.3 is 5.69 Å². The van der Waals surface area contributed by atoms with Crippen molar-refractivity contribution in [2.75, 3.05) is 13.7 Å². The van der Waals surface area contributed by atoms with Crippen LogP contribution < -0.4 is 4.74 Å². The Kier molecular flexibility index (Phi) is 4.83. The fourth-order valence-electron chi connectivity index (χ4n) is 3.66. The van der Waals surface area contributed by atoms with Crippen LogP contribution in [0.5, 0.6) is 5.75 Å². The van der Waals surface area contributed by atoms with Crippen molar-refractivity contribution in [1.82, 2.24) is 4.90 Å². The molecule has 0 spiro atoms. The second kappa shape index (κ2) is 7.44. The van der Waals surface area contributed by atoms with Gasteiger partial charge in [0.2, 0.25) is 0 Å². The van der Waals surface area contributed by atoms with Crippen LogP contribution in [-0.4, -0.2) is 29.4 Å². The van der Waals surface area contributed by atoms with Gasteiger partial charge in [0, 0.05) is 23.1 Å². The van der Waals surface area contributed by atoms with E-state index in [1.807, 2.05) is 35.7 Å². The lowest BCUT2D eigenvalue weighted by molar-refractivity contribution is -0.385. The minimum absolute atomic E-state index is 0.139. The normalized spacial score (nSPS) is 15.8. The summed E-state index contributed by atoms with van der Waals surface area (Å²) in [5.74, 6) is -0.0867. The molecule has 1 atom stereocenters. The zero-order valence-electron chi connectivity index (χ0n) is 15.2. The monoisotopic (exact) mass is 394 g/mol. The number of hydrogen-bond acceptors (Lipinski definition) is 5. The molecule has 0 bridgehead atoms. The molecule has 0 aliphatic carbocycles. The van der Waals surface area contributed by atoms with Crippen molar-refractivity contribution < 1.29 is 14.5 Å². The van der Waals surface area contributed by atoms with Gasteiger partial charge in [-0.05, 0) is 41.1 Å². The topological polar surface area (TPSA) is 72.7 Å². The average Bonchev–Trinajstić information content (AvgIpc) is 3.21. The lowest BCUT2D eigenvalue weighted by atomic mass is 9.92. The van der Waals surface area contributed by atoms with Gasteiger partial charge < -0.3 is 9.64 Å². The van der Waals surface area contributed by atoms with E-state index in [0.717, 1.165) is 17.5 Å². The standard InChI is InChI=1S/C21H18N2O4S/c1-27-18-8-7-15(13-17(18)23(25)26)21(24)22-11-9-19-16(10-12-28-19)20(22)14-5-3-2-4-6-14/h2-8,10,12-13,20H,9,11H2,1H3. The summed E-state index contributed by atoms with van der Waals surface area (Å²) in [5, 5.41) is 13.4. The largest absolute Gasteiger partial charge is 0.490 e. The van der Waals surface area contributed by atoms with Crippen molar-refractivity contribution in [2.45, 2.75) is 12.5 Å². The van der Waals surface area contributed by atoms with Gasteiger partial charge in [0.25, 0.3) is 5.91 Å². The van der Waals surface area contributed by atoms with Crippen LogP contribution in [0.25, 0.3) is 0 Å². The molecule has 3 aromatic rings. The molecule has 1 aromatic heterocycles. The van der Waals surface area contributed by atoms with Crippen LogP contribution >= 0.6 is 11.3 Å². The summed E-state index contributed by atoms with van der Waals surface area (Å²) in [7, 11) is 1.37. The molecule has 0 fully saturated rings. The quantitative estimate of drug-likeness (QED) is 0.484. The minimum Gasteiger partial charge on any atom is -0.490 e. The molecular weight excluding hydrogens is 376 g/mol. The predicted octanol–water partition coefficient (Wildman–Crippen LogP) is 4.45. The number of amides is 1. The molecular formula is C21H18N2O4S. The highest BCUT2D eigenvalue weighted by Gasteiger charge is 2.34. The number of carbonyl (C=O) groups excluding carboxylic acids is 1.